The van der Waals surface area contributed by atoms with E-state index in [-0.39, 0.29) is 0 Å². The fraction of sp³-hybridized carbons (Fsp3) is 0. The molecule has 0 aliphatic carbocycles. The number of fused-ring (bicyclic) bond motifs is 15. The van der Waals surface area contributed by atoms with Gasteiger partial charge in [-0.3, -0.25) is 0 Å². The van der Waals surface area contributed by atoms with E-state index in [4.69, 9.17) is 15.0 Å². The number of para-hydroxylation sites is 4. The van der Waals surface area contributed by atoms with Gasteiger partial charge in [-0.2, -0.15) is 0 Å². The Morgan fingerprint density at radius 2 is 0.398 bits per heavy atom. The fourth-order valence-corrected chi connectivity index (χ4v) is 19.3. The molecule has 0 N–H and O–H groups in total. The number of aromatic nitrogens is 7. The lowest BCUT2D eigenvalue weighted by Crippen LogP contribution is -1.97. The lowest BCUT2D eigenvalue weighted by molar-refractivity contribution is 1.16. The lowest BCUT2D eigenvalue weighted by atomic mass is 9.97. The maximum absolute atomic E-state index is 5.36. The van der Waals surface area contributed by atoms with Gasteiger partial charge in [0.1, 0.15) is 0 Å². The highest BCUT2D eigenvalue weighted by atomic mass is 15.0. The molecule has 0 saturated carbocycles. The molecule has 6 aromatic heterocycles. The van der Waals surface area contributed by atoms with E-state index in [0.717, 1.165) is 84.5 Å². The Morgan fingerprint density at radius 1 is 0.133 bits per heavy atom. The van der Waals surface area contributed by atoms with E-state index in [1.807, 2.05) is 12.1 Å². The zero-order valence-corrected chi connectivity index (χ0v) is 69.7. The molecule has 0 saturated heterocycles. The first-order valence-electron chi connectivity index (χ1n) is 43.7. The maximum atomic E-state index is 5.36. The summed E-state index contributed by atoms with van der Waals surface area (Å²) in [5, 5.41) is 12.4. The zero-order valence-electron chi connectivity index (χ0n) is 69.7. The number of benzene rings is 19. The van der Waals surface area contributed by atoms with Gasteiger partial charge in [0.25, 0.3) is 0 Å². The molecule has 0 aliphatic heterocycles. The van der Waals surface area contributed by atoms with Crippen LogP contribution in [0.2, 0.25) is 0 Å². The van der Waals surface area contributed by atoms with Gasteiger partial charge in [-0.15, -0.1) is 0 Å². The van der Waals surface area contributed by atoms with Crippen LogP contribution in [-0.2, 0) is 0 Å². The van der Waals surface area contributed by atoms with Crippen LogP contribution in [0.3, 0.4) is 0 Å². The minimum Gasteiger partial charge on any atom is -0.309 e. The third-order valence-electron chi connectivity index (χ3n) is 25.5. The smallest absolute Gasteiger partial charge is 0.160 e. The summed E-state index contributed by atoms with van der Waals surface area (Å²) in [5.41, 5.74) is 34.6. The summed E-state index contributed by atoms with van der Waals surface area (Å²) in [4.78, 5) is 15.7. The molecular weight excluding hydrogens is 1550 g/mol. The Labute approximate surface area is 740 Å². The van der Waals surface area contributed by atoms with E-state index < -0.39 is 0 Å². The van der Waals surface area contributed by atoms with Crippen LogP contribution >= 0.6 is 0 Å². The summed E-state index contributed by atoms with van der Waals surface area (Å²) < 4.78 is 9.68. The zero-order chi connectivity index (χ0) is 84.5. The van der Waals surface area contributed by atoms with E-state index >= 15 is 0 Å². The SMILES string of the molecule is c1ccc(-c2ccc(-c3cc(-c4ccc(-c5ccccc5)cc4)nc(-c4ccc(-n5c6ccccc6c6c7c8ccccc8n(-c8cccc(-c9ccccc9)c8)c7ccc65)cc4)c3)cc2)cc1.c1ccc(-c2ccc(-c3cc(-c4ccccc4)nc(-c4ccc(-n5c6ccccc6c6c7c8ccccc8n(-c8ccc9ccccc9c8)c7ccc65)cc4)n3)cc2)cc1. The van der Waals surface area contributed by atoms with Crippen LogP contribution in [-0.4, -0.2) is 33.2 Å². The molecule has 6 heterocycles. The molecular formula is C121H79N7. The molecule has 0 fully saturated rings. The molecule has 7 heteroatoms. The summed E-state index contributed by atoms with van der Waals surface area (Å²) in [6, 6.07) is 172. The van der Waals surface area contributed by atoms with E-state index in [0.29, 0.717) is 5.82 Å². The van der Waals surface area contributed by atoms with Crippen molar-refractivity contribution in [2.75, 3.05) is 0 Å². The minimum atomic E-state index is 0.690. The first kappa shape index (κ1) is 74.7. The van der Waals surface area contributed by atoms with Crippen LogP contribution in [0.1, 0.15) is 0 Å². The first-order chi connectivity index (χ1) is 63.5. The lowest BCUT2D eigenvalue weighted by Gasteiger charge is -2.13. The summed E-state index contributed by atoms with van der Waals surface area (Å²) in [6.45, 7) is 0. The molecule has 0 aliphatic rings. The van der Waals surface area contributed by atoms with Gasteiger partial charge in [-0.25, -0.2) is 15.0 Å². The Balaban J connectivity index is 0.000000144. The van der Waals surface area contributed by atoms with Crippen molar-refractivity contribution in [3.05, 3.63) is 479 Å². The highest BCUT2D eigenvalue weighted by Gasteiger charge is 2.25. The average Bonchev–Trinajstić information content (AvgIpc) is 1.55. The second-order valence-electron chi connectivity index (χ2n) is 32.9. The van der Waals surface area contributed by atoms with Gasteiger partial charge in [0.05, 0.1) is 66.9 Å². The number of hydrogen-bond donors (Lipinski definition) is 0. The Bertz CT molecular complexity index is 8430. The van der Waals surface area contributed by atoms with Gasteiger partial charge < -0.3 is 18.3 Å². The number of pyridine rings is 1. The Hall–Kier alpha value is -17.1. The predicted molar refractivity (Wildman–Crippen MR) is 535 cm³/mol. The number of rotatable bonds is 14. The van der Waals surface area contributed by atoms with E-state index in [1.54, 1.807) is 0 Å². The molecule has 0 unspecified atom stereocenters. The van der Waals surface area contributed by atoms with E-state index in [9.17, 15) is 0 Å². The van der Waals surface area contributed by atoms with Gasteiger partial charge >= 0.3 is 0 Å². The summed E-state index contributed by atoms with van der Waals surface area (Å²) in [7, 11) is 0. The number of hydrogen-bond acceptors (Lipinski definition) is 3. The topological polar surface area (TPSA) is 58.4 Å². The van der Waals surface area contributed by atoms with Crippen molar-refractivity contribution < 1.29 is 0 Å². The Morgan fingerprint density at radius 3 is 0.797 bits per heavy atom. The van der Waals surface area contributed by atoms with Crippen molar-refractivity contribution >= 4 is 98.0 Å². The van der Waals surface area contributed by atoms with Crippen LogP contribution in [0.4, 0.5) is 0 Å². The van der Waals surface area contributed by atoms with Gasteiger partial charge in [-0.1, -0.05) is 352 Å². The highest BCUT2D eigenvalue weighted by molar-refractivity contribution is 6.30. The van der Waals surface area contributed by atoms with Crippen molar-refractivity contribution in [3.8, 4) is 135 Å². The fourth-order valence-electron chi connectivity index (χ4n) is 19.3. The molecule has 0 spiro atoms. The molecule has 0 bridgehead atoms. The Kier molecular flexibility index (Phi) is 18.5. The molecule has 7 nitrogen and oxygen atoms in total. The van der Waals surface area contributed by atoms with Crippen molar-refractivity contribution in [2.45, 2.75) is 0 Å². The third kappa shape index (κ3) is 13.3. The molecule has 25 aromatic rings. The molecule has 0 atom stereocenters. The average molecular weight is 1630 g/mol. The first-order valence-corrected chi connectivity index (χ1v) is 43.7. The molecule has 19 aromatic carbocycles. The second-order valence-corrected chi connectivity index (χ2v) is 32.9. The summed E-state index contributed by atoms with van der Waals surface area (Å²) in [6.07, 6.45) is 0. The largest absolute Gasteiger partial charge is 0.309 e. The van der Waals surface area contributed by atoms with Gasteiger partial charge in [0.15, 0.2) is 5.82 Å². The molecule has 0 radical (unpaired) electrons. The minimum absolute atomic E-state index is 0.690. The third-order valence-corrected chi connectivity index (χ3v) is 25.5. The normalized spacial score (nSPS) is 11.6. The van der Waals surface area contributed by atoms with Crippen molar-refractivity contribution in [1.29, 1.82) is 0 Å². The van der Waals surface area contributed by atoms with E-state index in [2.05, 4.69) is 485 Å². The summed E-state index contributed by atoms with van der Waals surface area (Å²) >= 11 is 0. The number of nitrogens with zero attached hydrogens (tertiary/aromatic N) is 7. The van der Waals surface area contributed by atoms with Gasteiger partial charge in [0.2, 0.25) is 0 Å². The molecule has 0 amide bonds. The quantitative estimate of drug-likeness (QED) is 0.109. The van der Waals surface area contributed by atoms with Crippen LogP contribution in [0, 0.1) is 0 Å². The van der Waals surface area contributed by atoms with Gasteiger partial charge in [0, 0.05) is 93.7 Å². The highest BCUT2D eigenvalue weighted by Crippen LogP contribution is 2.47. The van der Waals surface area contributed by atoms with Crippen molar-refractivity contribution in [3.63, 3.8) is 0 Å². The van der Waals surface area contributed by atoms with Crippen LogP contribution in [0.25, 0.3) is 233 Å². The van der Waals surface area contributed by atoms with Crippen molar-refractivity contribution in [1.82, 2.24) is 33.2 Å². The second kappa shape index (κ2) is 31.6. The van der Waals surface area contributed by atoms with Crippen molar-refractivity contribution in [2.24, 2.45) is 0 Å². The predicted octanol–water partition coefficient (Wildman–Crippen LogP) is 31.8. The van der Waals surface area contributed by atoms with Crippen LogP contribution in [0.15, 0.2) is 479 Å². The maximum Gasteiger partial charge on any atom is 0.160 e. The molecule has 128 heavy (non-hydrogen) atoms. The standard InChI is InChI=1S/C65H43N3.C56H36N4/c1-4-15-44(16-5-1)47-27-29-49(30-28-47)53-42-58(50-33-31-48(32-34-50)45-17-6-2-7-18-45)66-59(43-53)51-35-37-54(38-36-51)67-60-25-12-10-23-56(60)64-62(67)39-40-63-65(64)57-24-11-13-26-61(57)68(63)55-22-14-21-52(41-55)46-19-8-3-9-20-46;1-3-13-37(14-4-1)39-23-25-41(26-24-39)49-36-48(40-16-5-2-6-17-40)57-56(58-49)42-28-30-44(31-29-42)59-50-21-11-9-19-46(50)54-52(59)33-34-53-55(54)47-20-10-12-22-51(47)60(53)45-32-27-38-15-7-8-18-43(38)35-45/h1-43H;1-36H. The molecule has 25 rings (SSSR count). The van der Waals surface area contributed by atoms with Crippen LogP contribution < -0.4 is 0 Å². The molecule has 598 valence electrons. The summed E-state index contributed by atoms with van der Waals surface area (Å²) in [5.74, 6) is 0.690. The monoisotopic (exact) mass is 1630 g/mol. The van der Waals surface area contributed by atoms with Gasteiger partial charge in [-0.05, 0) is 194 Å². The van der Waals surface area contributed by atoms with E-state index in [1.165, 1.54) is 143 Å². The van der Waals surface area contributed by atoms with Crippen LogP contribution in [0.5, 0.6) is 0 Å².